The highest BCUT2D eigenvalue weighted by Gasteiger charge is 2.77. The molecule has 1 spiro atoms. The molecule has 1 saturated carbocycles. The average Bonchev–Trinajstić information content (AvgIpc) is 3.31. The third-order valence-corrected chi connectivity index (χ3v) is 7.09. The number of piperidine rings is 1. The van der Waals surface area contributed by atoms with Crippen molar-refractivity contribution in [3.63, 3.8) is 0 Å². The van der Waals surface area contributed by atoms with Crippen LogP contribution in [0.4, 0.5) is 0 Å². The zero-order valence-electron chi connectivity index (χ0n) is 16.9. The van der Waals surface area contributed by atoms with Crippen LogP contribution in [0.2, 0.25) is 0 Å². The lowest BCUT2D eigenvalue weighted by molar-refractivity contribution is -0.140. The van der Waals surface area contributed by atoms with Gasteiger partial charge in [-0.3, -0.25) is 9.59 Å². The summed E-state index contributed by atoms with van der Waals surface area (Å²) in [5, 5.41) is 9.23. The van der Waals surface area contributed by atoms with Crippen molar-refractivity contribution in [2.45, 2.75) is 43.8 Å². The van der Waals surface area contributed by atoms with Crippen LogP contribution >= 0.6 is 0 Å². The molecule has 6 rings (SSSR count). The van der Waals surface area contributed by atoms with Gasteiger partial charge in [-0.05, 0) is 63.4 Å². The number of aromatic nitrogens is 2. The molecule has 2 aromatic heterocycles. The SMILES string of the molecule is CNC(=O)C12CC(CNC(=O)c3ncn4ccc(C)cc34)(C1)OC21CCNCC1. The number of nitrogens with zero attached hydrogens (tertiary/aromatic N) is 2. The average molecular weight is 397 g/mol. The van der Waals surface area contributed by atoms with Crippen molar-refractivity contribution in [1.82, 2.24) is 25.3 Å². The zero-order chi connectivity index (χ0) is 20.3. The van der Waals surface area contributed by atoms with E-state index in [9.17, 15) is 9.59 Å². The molecule has 0 aromatic carbocycles. The van der Waals surface area contributed by atoms with Crippen molar-refractivity contribution >= 4 is 17.3 Å². The minimum atomic E-state index is -0.479. The largest absolute Gasteiger partial charge is 0.365 e. The van der Waals surface area contributed by atoms with E-state index in [4.69, 9.17) is 4.74 Å². The summed E-state index contributed by atoms with van der Waals surface area (Å²) >= 11 is 0. The second-order valence-electron chi connectivity index (χ2n) is 8.82. The standard InChI is InChI=1S/C21H27N5O3/c1-14-3-8-26-13-25-16(15(26)9-14)17(27)24-12-19-10-20(11-19,18(28)22-2)21(29-19)4-6-23-7-5-21/h3,8-9,13,23H,4-7,10-12H2,1-2H3,(H,22,28)(H,24,27). The number of rotatable bonds is 4. The number of ether oxygens (including phenoxy) is 1. The number of nitrogens with one attached hydrogen (secondary N) is 3. The molecule has 3 saturated heterocycles. The van der Waals surface area contributed by atoms with Gasteiger partial charge in [-0.25, -0.2) is 4.98 Å². The van der Waals surface area contributed by atoms with E-state index in [1.165, 1.54) is 0 Å². The fraction of sp³-hybridized carbons (Fsp3) is 0.571. The molecule has 5 heterocycles. The number of hydrogen-bond acceptors (Lipinski definition) is 5. The number of hydrogen-bond donors (Lipinski definition) is 3. The molecule has 1 aliphatic carbocycles. The molecule has 2 bridgehead atoms. The van der Waals surface area contributed by atoms with E-state index in [-0.39, 0.29) is 11.8 Å². The molecule has 2 aromatic rings. The Hall–Kier alpha value is -2.45. The van der Waals surface area contributed by atoms with Crippen LogP contribution in [-0.2, 0) is 9.53 Å². The van der Waals surface area contributed by atoms with Crippen LogP contribution in [0.5, 0.6) is 0 Å². The molecule has 3 aliphatic heterocycles. The Kier molecular flexibility index (Phi) is 4.02. The summed E-state index contributed by atoms with van der Waals surface area (Å²) < 4.78 is 8.45. The lowest BCUT2D eigenvalue weighted by Gasteiger charge is -2.47. The minimum absolute atomic E-state index is 0.0643. The smallest absolute Gasteiger partial charge is 0.272 e. The van der Waals surface area contributed by atoms with Crippen molar-refractivity contribution in [3.05, 3.63) is 35.9 Å². The van der Waals surface area contributed by atoms with E-state index in [0.29, 0.717) is 25.1 Å². The molecule has 154 valence electrons. The summed E-state index contributed by atoms with van der Waals surface area (Å²) in [5.41, 5.74) is 0.901. The highest BCUT2D eigenvalue weighted by molar-refractivity contribution is 5.99. The summed E-state index contributed by atoms with van der Waals surface area (Å²) in [7, 11) is 1.69. The number of carbonyl (C=O) groups excluding carboxylic acids is 2. The second-order valence-corrected chi connectivity index (χ2v) is 8.82. The quantitative estimate of drug-likeness (QED) is 0.709. The zero-order valence-corrected chi connectivity index (χ0v) is 16.9. The monoisotopic (exact) mass is 397 g/mol. The van der Waals surface area contributed by atoms with Crippen molar-refractivity contribution in [1.29, 1.82) is 0 Å². The van der Waals surface area contributed by atoms with E-state index >= 15 is 0 Å². The Morgan fingerprint density at radius 2 is 2.07 bits per heavy atom. The Balaban J connectivity index is 1.34. The van der Waals surface area contributed by atoms with Gasteiger partial charge in [0.1, 0.15) is 6.33 Å². The molecule has 4 aliphatic rings. The Morgan fingerprint density at radius 3 is 2.79 bits per heavy atom. The van der Waals surface area contributed by atoms with Crippen LogP contribution in [0, 0.1) is 12.3 Å². The van der Waals surface area contributed by atoms with Gasteiger partial charge in [-0.15, -0.1) is 0 Å². The Morgan fingerprint density at radius 1 is 1.31 bits per heavy atom. The fourth-order valence-electron chi connectivity index (χ4n) is 5.73. The Bertz CT molecular complexity index is 985. The minimum Gasteiger partial charge on any atom is -0.365 e. The van der Waals surface area contributed by atoms with E-state index in [0.717, 1.165) is 37.0 Å². The second kappa shape index (κ2) is 6.27. The van der Waals surface area contributed by atoms with Crippen LogP contribution in [0.1, 0.15) is 41.7 Å². The summed E-state index contributed by atoms with van der Waals surface area (Å²) in [5.74, 6) is -0.144. The third kappa shape index (κ3) is 2.55. The number of pyridine rings is 1. The molecule has 0 radical (unpaired) electrons. The first-order valence-electron chi connectivity index (χ1n) is 10.3. The lowest BCUT2D eigenvalue weighted by atomic mass is 9.53. The van der Waals surface area contributed by atoms with Gasteiger partial charge in [0.25, 0.3) is 5.91 Å². The number of fused-ring (bicyclic) bond motifs is 1. The predicted octanol–water partition coefficient (Wildman–Crippen LogP) is 0.790. The number of aryl methyl sites for hydroxylation is 1. The highest BCUT2D eigenvalue weighted by Crippen LogP contribution is 2.68. The summed E-state index contributed by atoms with van der Waals surface area (Å²) in [6.07, 6.45) is 6.50. The molecular weight excluding hydrogens is 370 g/mol. The predicted molar refractivity (Wildman–Crippen MR) is 107 cm³/mol. The Labute approximate surface area is 169 Å². The fourth-order valence-corrected chi connectivity index (χ4v) is 5.73. The first-order valence-corrected chi connectivity index (χ1v) is 10.3. The van der Waals surface area contributed by atoms with Crippen molar-refractivity contribution in [2.24, 2.45) is 5.41 Å². The molecule has 0 unspecified atom stereocenters. The maximum absolute atomic E-state index is 12.9. The van der Waals surface area contributed by atoms with Crippen LogP contribution in [0.15, 0.2) is 24.7 Å². The maximum Gasteiger partial charge on any atom is 0.272 e. The molecular formula is C21H27N5O3. The van der Waals surface area contributed by atoms with Gasteiger partial charge in [0, 0.05) is 19.8 Å². The molecule has 29 heavy (non-hydrogen) atoms. The van der Waals surface area contributed by atoms with Gasteiger partial charge >= 0.3 is 0 Å². The molecule has 2 amide bonds. The third-order valence-electron chi connectivity index (χ3n) is 7.09. The van der Waals surface area contributed by atoms with E-state index in [1.807, 2.05) is 29.7 Å². The van der Waals surface area contributed by atoms with Crippen LogP contribution in [-0.4, -0.2) is 59.1 Å². The van der Waals surface area contributed by atoms with Crippen molar-refractivity contribution in [3.8, 4) is 0 Å². The van der Waals surface area contributed by atoms with Gasteiger partial charge in [0.05, 0.1) is 22.1 Å². The van der Waals surface area contributed by atoms with Crippen molar-refractivity contribution in [2.75, 3.05) is 26.7 Å². The van der Waals surface area contributed by atoms with Gasteiger partial charge in [0.15, 0.2) is 5.69 Å². The lowest BCUT2D eigenvalue weighted by Crippen LogP contribution is -2.61. The van der Waals surface area contributed by atoms with E-state index < -0.39 is 16.6 Å². The topological polar surface area (TPSA) is 96.8 Å². The molecule has 8 heteroatoms. The normalized spacial score (nSPS) is 29.6. The maximum atomic E-state index is 12.9. The first-order chi connectivity index (χ1) is 13.9. The van der Waals surface area contributed by atoms with Crippen LogP contribution in [0.25, 0.3) is 5.52 Å². The number of amides is 2. The van der Waals surface area contributed by atoms with Gasteiger partial charge in [-0.1, -0.05) is 0 Å². The van der Waals surface area contributed by atoms with Crippen LogP contribution in [0.3, 0.4) is 0 Å². The first kappa shape index (κ1) is 18.6. The van der Waals surface area contributed by atoms with Gasteiger partial charge in [0.2, 0.25) is 5.91 Å². The number of carbonyl (C=O) groups is 2. The van der Waals surface area contributed by atoms with Gasteiger partial charge < -0.3 is 25.1 Å². The van der Waals surface area contributed by atoms with Crippen LogP contribution < -0.4 is 16.0 Å². The molecule has 3 N–H and O–H groups in total. The molecule has 8 nitrogen and oxygen atoms in total. The molecule has 0 atom stereocenters. The summed E-state index contributed by atoms with van der Waals surface area (Å²) in [4.78, 5) is 29.9. The van der Waals surface area contributed by atoms with E-state index in [2.05, 4.69) is 20.9 Å². The highest BCUT2D eigenvalue weighted by atomic mass is 16.5. The molecule has 4 fully saturated rings. The number of imidazole rings is 1. The summed E-state index contributed by atoms with van der Waals surface area (Å²) in [6.45, 7) is 4.08. The van der Waals surface area contributed by atoms with Gasteiger partial charge in [-0.2, -0.15) is 0 Å². The summed E-state index contributed by atoms with van der Waals surface area (Å²) in [6, 6.07) is 3.93. The van der Waals surface area contributed by atoms with Crippen molar-refractivity contribution < 1.29 is 14.3 Å². The van der Waals surface area contributed by atoms with E-state index in [1.54, 1.807) is 13.4 Å².